The molecule has 88 valence electrons. The minimum Gasteiger partial charge on any atom is -0.352 e. The van der Waals surface area contributed by atoms with Crippen LogP contribution in [-0.2, 0) is 17.3 Å². The molecular weight excluding hydrogens is 260 g/mol. The highest BCUT2D eigenvalue weighted by Crippen LogP contribution is 2.06. The first-order valence-electron chi connectivity index (χ1n) is 4.76. The van der Waals surface area contributed by atoms with Crippen LogP contribution >= 0.6 is 24.8 Å². The molecule has 1 aromatic rings. The Hall–Kier alpha value is -0.460. The molecule has 1 heterocycles. The summed E-state index contributed by atoms with van der Waals surface area (Å²) in [5, 5.41) is 0. The van der Waals surface area contributed by atoms with Gasteiger partial charge in [0.15, 0.2) is 0 Å². The molecule has 0 amide bonds. The van der Waals surface area contributed by atoms with Crippen molar-refractivity contribution in [2.24, 2.45) is 0 Å². The number of thiol groups is 1. The molecule has 0 radical (unpaired) electrons. The van der Waals surface area contributed by atoms with Crippen LogP contribution in [-0.4, -0.2) is 37.0 Å². The first-order chi connectivity index (χ1) is 7.59. The fraction of sp³-hybridized carbons (Fsp3) is 0.400. The van der Waals surface area contributed by atoms with Gasteiger partial charge in [0, 0.05) is 48.3 Å². The maximum atomic E-state index is 11.0. The normalized spacial score (nSPS) is 12.1. The summed E-state index contributed by atoms with van der Waals surface area (Å²) in [6, 6.07) is 3.86. The van der Waals surface area contributed by atoms with Crippen molar-refractivity contribution in [3.8, 4) is 0 Å². The van der Waals surface area contributed by atoms with Gasteiger partial charge in [-0.1, -0.05) is 18.3 Å². The first kappa shape index (κ1) is 13.6. The lowest BCUT2D eigenvalue weighted by molar-refractivity contribution is 0.452. The SMILES string of the molecule is CS(=O)CCN(Cc1cccnc1)C(=S)S. The molecule has 0 N–H and O–H groups in total. The maximum Gasteiger partial charge on any atom is 0.133 e. The minimum atomic E-state index is -0.812. The van der Waals surface area contributed by atoms with E-state index in [0.29, 0.717) is 23.2 Å². The molecule has 16 heavy (non-hydrogen) atoms. The second kappa shape index (κ2) is 6.98. The van der Waals surface area contributed by atoms with Gasteiger partial charge in [-0.3, -0.25) is 9.19 Å². The summed E-state index contributed by atoms with van der Waals surface area (Å²) in [5.74, 6) is 0.598. The molecular formula is C10H14N2OS3. The van der Waals surface area contributed by atoms with Crippen LogP contribution in [0.5, 0.6) is 0 Å². The van der Waals surface area contributed by atoms with Crippen LogP contribution in [0.3, 0.4) is 0 Å². The third-order valence-corrected chi connectivity index (χ3v) is 3.31. The van der Waals surface area contributed by atoms with E-state index in [1.54, 1.807) is 18.6 Å². The highest BCUT2D eigenvalue weighted by Gasteiger charge is 2.07. The van der Waals surface area contributed by atoms with Crippen LogP contribution in [0.4, 0.5) is 0 Å². The Labute approximate surface area is 109 Å². The van der Waals surface area contributed by atoms with Crippen molar-refractivity contribution in [3.05, 3.63) is 30.1 Å². The van der Waals surface area contributed by atoms with E-state index in [2.05, 4.69) is 17.6 Å². The van der Waals surface area contributed by atoms with Gasteiger partial charge >= 0.3 is 0 Å². The second-order valence-electron chi connectivity index (χ2n) is 3.34. The molecule has 1 unspecified atom stereocenters. The van der Waals surface area contributed by atoms with Gasteiger partial charge in [-0.2, -0.15) is 0 Å². The van der Waals surface area contributed by atoms with Crippen molar-refractivity contribution in [3.63, 3.8) is 0 Å². The molecule has 0 aliphatic heterocycles. The van der Waals surface area contributed by atoms with Gasteiger partial charge in [0.05, 0.1) is 0 Å². The molecule has 6 heteroatoms. The number of hydrogen-bond donors (Lipinski definition) is 1. The third kappa shape index (κ3) is 5.05. The molecule has 0 saturated heterocycles. The Kier molecular flexibility index (Phi) is 5.94. The summed E-state index contributed by atoms with van der Waals surface area (Å²) >= 11 is 9.20. The summed E-state index contributed by atoms with van der Waals surface area (Å²) < 4.78 is 11.5. The number of nitrogens with zero attached hydrogens (tertiary/aromatic N) is 2. The zero-order valence-corrected chi connectivity index (χ0v) is 11.5. The summed E-state index contributed by atoms with van der Waals surface area (Å²) in [7, 11) is -0.812. The van der Waals surface area contributed by atoms with Crippen molar-refractivity contribution in [1.29, 1.82) is 0 Å². The predicted molar refractivity (Wildman–Crippen MR) is 75.2 cm³/mol. The Morgan fingerprint density at radius 1 is 1.69 bits per heavy atom. The van der Waals surface area contributed by atoms with E-state index in [1.807, 2.05) is 17.0 Å². The lowest BCUT2D eigenvalue weighted by atomic mass is 10.3. The van der Waals surface area contributed by atoms with Crippen molar-refractivity contribution in [1.82, 2.24) is 9.88 Å². The summed E-state index contributed by atoms with van der Waals surface area (Å²) in [4.78, 5) is 5.95. The zero-order chi connectivity index (χ0) is 12.0. The molecule has 0 aliphatic rings. The quantitative estimate of drug-likeness (QED) is 0.651. The van der Waals surface area contributed by atoms with E-state index >= 15 is 0 Å². The van der Waals surface area contributed by atoms with Crippen LogP contribution in [0.1, 0.15) is 5.56 Å². The standard InChI is InChI=1S/C10H14N2OS3/c1-16(13)6-5-12(10(14)15)8-9-3-2-4-11-7-9/h2-4,7H,5-6,8H2,1H3,(H,14,15). The predicted octanol–water partition coefficient (Wildman–Crippen LogP) is 1.48. The first-order valence-corrected chi connectivity index (χ1v) is 7.34. The van der Waals surface area contributed by atoms with Crippen molar-refractivity contribution in [2.45, 2.75) is 6.54 Å². The van der Waals surface area contributed by atoms with Gasteiger partial charge in [0.25, 0.3) is 0 Å². The van der Waals surface area contributed by atoms with Crippen LogP contribution in [0.15, 0.2) is 24.5 Å². The molecule has 0 aliphatic carbocycles. The van der Waals surface area contributed by atoms with E-state index in [4.69, 9.17) is 12.2 Å². The van der Waals surface area contributed by atoms with Crippen molar-refractivity contribution < 1.29 is 4.21 Å². The Morgan fingerprint density at radius 2 is 2.44 bits per heavy atom. The van der Waals surface area contributed by atoms with Crippen molar-refractivity contribution in [2.75, 3.05) is 18.6 Å². The van der Waals surface area contributed by atoms with E-state index in [0.717, 1.165) is 5.56 Å². The highest BCUT2D eigenvalue weighted by atomic mass is 32.2. The fourth-order valence-corrected chi connectivity index (χ4v) is 2.00. The highest BCUT2D eigenvalue weighted by molar-refractivity contribution is 8.10. The van der Waals surface area contributed by atoms with Crippen LogP contribution < -0.4 is 0 Å². The van der Waals surface area contributed by atoms with Crippen LogP contribution in [0, 0.1) is 0 Å². The third-order valence-electron chi connectivity index (χ3n) is 2.02. The number of thiocarbonyl (C=S) groups is 1. The number of rotatable bonds is 5. The van der Waals surface area contributed by atoms with Crippen LogP contribution in [0.25, 0.3) is 0 Å². The fourth-order valence-electron chi connectivity index (χ4n) is 1.19. The molecule has 1 rings (SSSR count). The van der Waals surface area contributed by atoms with Gasteiger partial charge in [-0.05, 0) is 11.6 Å². The van der Waals surface area contributed by atoms with Gasteiger partial charge < -0.3 is 4.90 Å². The number of aromatic nitrogens is 1. The number of pyridine rings is 1. The molecule has 1 atom stereocenters. The zero-order valence-electron chi connectivity index (χ0n) is 9.00. The van der Waals surface area contributed by atoms with Gasteiger partial charge in [0.1, 0.15) is 4.32 Å². The van der Waals surface area contributed by atoms with Gasteiger partial charge in [-0.25, -0.2) is 0 Å². The Bertz CT molecular complexity index is 370. The molecule has 0 fully saturated rings. The molecule has 0 aromatic carbocycles. The Balaban J connectivity index is 2.58. The minimum absolute atomic E-state index is 0.523. The topological polar surface area (TPSA) is 33.2 Å². The van der Waals surface area contributed by atoms with E-state index in [1.165, 1.54) is 0 Å². The lowest BCUT2D eigenvalue weighted by Gasteiger charge is -2.21. The van der Waals surface area contributed by atoms with Gasteiger partial charge in [0.2, 0.25) is 0 Å². The summed E-state index contributed by atoms with van der Waals surface area (Å²) in [6.45, 7) is 1.31. The molecule has 1 aromatic heterocycles. The molecule has 3 nitrogen and oxygen atoms in total. The van der Waals surface area contributed by atoms with E-state index in [9.17, 15) is 4.21 Å². The molecule has 0 spiro atoms. The van der Waals surface area contributed by atoms with Gasteiger partial charge in [-0.15, -0.1) is 12.6 Å². The molecule has 0 saturated carbocycles. The Morgan fingerprint density at radius 3 is 2.94 bits per heavy atom. The average molecular weight is 274 g/mol. The summed E-state index contributed by atoms with van der Waals surface area (Å²) in [5.41, 5.74) is 1.07. The maximum absolute atomic E-state index is 11.0. The molecule has 0 bridgehead atoms. The van der Waals surface area contributed by atoms with E-state index in [-0.39, 0.29) is 0 Å². The number of hydrogen-bond acceptors (Lipinski definition) is 3. The monoisotopic (exact) mass is 274 g/mol. The second-order valence-corrected chi connectivity index (χ2v) is 6.01. The van der Waals surface area contributed by atoms with E-state index < -0.39 is 10.8 Å². The lowest BCUT2D eigenvalue weighted by Crippen LogP contribution is -2.29. The van der Waals surface area contributed by atoms with Crippen molar-refractivity contribution >= 4 is 40.0 Å². The van der Waals surface area contributed by atoms with Crippen LogP contribution in [0.2, 0.25) is 0 Å². The summed E-state index contributed by atoms with van der Waals surface area (Å²) in [6.07, 6.45) is 5.21. The average Bonchev–Trinajstić information content (AvgIpc) is 2.25. The largest absolute Gasteiger partial charge is 0.352 e. The smallest absolute Gasteiger partial charge is 0.133 e.